The Morgan fingerprint density at radius 1 is 1.12 bits per heavy atom. The molecule has 182 valence electrons. The second kappa shape index (κ2) is 8.08. The molecule has 1 aromatic carbocycles. The molecule has 1 aliphatic heterocycles. The van der Waals surface area contributed by atoms with Crippen molar-refractivity contribution in [2.45, 2.75) is 69.9 Å². The Morgan fingerprint density at radius 3 is 2.50 bits per heavy atom. The molecule has 0 unspecified atom stereocenters. The van der Waals surface area contributed by atoms with E-state index in [1.807, 2.05) is 18.2 Å². The van der Waals surface area contributed by atoms with Crippen LogP contribution >= 0.6 is 0 Å². The summed E-state index contributed by atoms with van der Waals surface area (Å²) in [5.74, 6) is 2.70. The molecule has 0 spiro atoms. The molecule has 34 heavy (non-hydrogen) atoms. The maximum Gasteiger partial charge on any atom is 0.332 e. The zero-order valence-electron chi connectivity index (χ0n) is 19.2. The van der Waals surface area contributed by atoms with E-state index in [0.29, 0.717) is 47.8 Å². The molecular formula is C25H31N3O6. The molecule has 4 fully saturated rings. The van der Waals surface area contributed by atoms with Gasteiger partial charge in [0.1, 0.15) is 0 Å². The fourth-order valence-corrected chi connectivity index (χ4v) is 7.51. The number of hydrogen-bond donors (Lipinski definition) is 3. The molecule has 0 saturated heterocycles. The number of aromatic hydroxyl groups is 1. The number of ether oxygens (including phenoxy) is 2. The molecule has 2 aromatic rings. The van der Waals surface area contributed by atoms with E-state index in [4.69, 9.17) is 14.7 Å². The minimum Gasteiger partial charge on any atom is -0.493 e. The van der Waals surface area contributed by atoms with E-state index in [1.165, 1.54) is 19.3 Å². The summed E-state index contributed by atoms with van der Waals surface area (Å²) in [5.41, 5.74) is 2.47. The lowest BCUT2D eigenvalue weighted by Gasteiger charge is -2.56. The van der Waals surface area contributed by atoms with Gasteiger partial charge in [0.15, 0.2) is 11.5 Å². The highest BCUT2D eigenvalue weighted by atomic mass is 16.7. The lowest BCUT2D eigenvalue weighted by molar-refractivity contribution is -0.129. The van der Waals surface area contributed by atoms with Crippen molar-refractivity contribution in [3.05, 3.63) is 39.9 Å². The minimum absolute atomic E-state index is 0.0288. The van der Waals surface area contributed by atoms with E-state index >= 15 is 0 Å². The van der Waals surface area contributed by atoms with E-state index < -0.39 is 5.91 Å². The normalized spacial score (nSPS) is 28.4. The van der Waals surface area contributed by atoms with Gasteiger partial charge in [-0.15, -0.1) is 0 Å². The first-order chi connectivity index (χ1) is 16.5. The molecule has 1 amide bonds. The molecule has 2 heterocycles. The van der Waals surface area contributed by atoms with Gasteiger partial charge < -0.3 is 14.6 Å². The standard InChI is InChI=1S/C25H31N3O6/c29-21(26-32)6-2-4-19-23(30)28(25-10-15-7-16(11-25)9-17(8-15)12-25)24(31)27(19)13-18-3-1-5-20-22(18)34-14-33-20/h1,3,5,15-17,30,32H,2,4,6-14H2,(H,26,29). The number of rotatable bonds is 7. The Bertz CT molecular complexity index is 1150. The van der Waals surface area contributed by atoms with Gasteiger partial charge in [0, 0.05) is 12.0 Å². The van der Waals surface area contributed by atoms with Gasteiger partial charge in [0.25, 0.3) is 0 Å². The van der Waals surface area contributed by atoms with Crippen molar-refractivity contribution in [1.82, 2.24) is 14.6 Å². The number of carbonyl (C=O) groups excluding carboxylic acids is 1. The largest absolute Gasteiger partial charge is 0.493 e. The van der Waals surface area contributed by atoms with Crippen molar-refractivity contribution >= 4 is 5.91 Å². The number of hydrogen-bond acceptors (Lipinski definition) is 6. The number of aromatic nitrogens is 2. The van der Waals surface area contributed by atoms with Crippen LogP contribution in [0.4, 0.5) is 0 Å². The predicted molar refractivity (Wildman–Crippen MR) is 121 cm³/mol. The highest BCUT2D eigenvalue weighted by molar-refractivity contribution is 5.74. The van der Waals surface area contributed by atoms with E-state index in [1.54, 1.807) is 14.6 Å². The first-order valence-electron chi connectivity index (χ1n) is 12.3. The maximum absolute atomic E-state index is 14.0. The van der Waals surface area contributed by atoms with Crippen molar-refractivity contribution in [2.24, 2.45) is 17.8 Å². The molecule has 9 heteroatoms. The van der Waals surface area contributed by atoms with Crippen LogP contribution < -0.4 is 20.6 Å². The fourth-order valence-electron chi connectivity index (χ4n) is 7.51. The summed E-state index contributed by atoms with van der Waals surface area (Å²) in [7, 11) is 0. The third kappa shape index (κ3) is 3.40. The van der Waals surface area contributed by atoms with Crippen LogP contribution in [0.3, 0.4) is 0 Å². The average Bonchev–Trinajstić information content (AvgIpc) is 3.37. The number of nitrogens with one attached hydrogen (secondary N) is 1. The molecule has 5 aliphatic rings. The third-order valence-corrected chi connectivity index (χ3v) is 8.45. The quantitative estimate of drug-likeness (QED) is 0.424. The van der Waals surface area contributed by atoms with Crippen molar-refractivity contribution in [3.8, 4) is 17.4 Å². The van der Waals surface area contributed by atoms with Gasteiger partial charge in [-0.1, -0.05) is 12.1 Å². The van der Waals surface area contributed by atoms with E-state index in [0.717, 1.165) is 24.8 Å². The number of fused-ring (bicyclic) bond motifs is 1. The first-order valence-corrected chi connectivity index (χ1v) is 12.3. The van der Waals surface area contributed by atoms with Crippen LogP contribution in [0.5, 0.6) is 17.4 Å². The summed E-state index contributed by atoms with van der Waals surface area (Å²) < 4.78 is 14.5. The number of imidazole rings is 1. The SMILES string of the molecule is O=C(CCCc1c(O)n(C23CC4CC(CC(C4)C2)C3)c(=O)n1Cc1cccc2c1OCO2)NO. The van der Waals surface area contributed by atoms with Crippen molar-refractivity contribution in [2.75, 3.05) is 6.79 Å². The highest BCUT2D eigenvalue weighted by Gasteiger charge is 2.53. The van der Waals surface area contributed by atoms with Crippen molar-refractivity contribution in [3.63, 3.8) is 0 Å². The second-order valence-electron chi connectivity index (χ2n) is 10.7. The molecule has 0 radical (unpaired) electrons. The van der Waals surface area contributed by atoms with Gasteiger partial charge in [0.05, 0.1) is 17.8 Å². The van der Waals surface area contributed by atoms with Gasteiger partial charge >= 0.3 is 5.69 Å². The van der Waals surface area contributed by atoms with Crippen LogP contribution in [0, 0.1) is 17.8 Å². The Labute approximate surface area is 197 Å². The monoisotopic (exact) mass is 469 g/mol. The topological polar surface area (TPSA) is 115 Å². The molecule has 0 atom stereocenters. The van der Waals surface area contributed by atoms with Crippen LogP contribution in [0.25, 0.3) is 0 Å². The summed E-state index contributed by atoms with van der Waals surface area (Å²) in [6.07, 6.45) is 7.41. The summed E-state index contributed by atoms with van der Waals surface area (Å²) in [4.78, 5) is 25.5. The summed E-state index contributed by atoms with van der Waals surface area (Å²) in [6, 6.07) is 5.61. The van der Waals surface area contributed by atoms with Crippen molar-refractivity contribution in [1.29, 1.82) is 0 Å². The molecular weight excluding hydrogens is 438 g/mol. The van der Waals surface area contributed by atoms with Gasteiger partial charge in [-0.05, 0) is 75.2 Å². The van der Waals surface area contributed by atoms with E-state index in [-0.39, 0.29) is 36.9 Å². The zero-order valence-corrected chi connectivity index (χ0v) is 19.2. The lowest BCUT2D eigenvalue weighted by Crippen LogP contribution is -2.54. The smallest absolute Gasteiger partial charge is 0.332 e. The number of para-hydroxylation sites is 1. The second-order valence-corrected chi connectivity index (χ2v) is 10.7. The van der Waals surface area contributed by atoms with Gasteiger partial charge in [-0.25, -0.2) is 10.3 Å². The fraction of sp³-hybridized carbons (Fsp3) is 0.600. The number of carbonyl (C=O) groups is 1. The molecule has 1 aromatic heterocycles. The van der Waals surface area contributed by atoms with Crippen LogP contribution in [-0.2, 0) is 23.3 Å². The van der Waals surface area contributed by atoms with Gasteiger partial charge in [-0.2, -0.15) is 0 Å². The number of nitrogens with zero attached hydrogens (tertiary/aromatic N) is 2. The number of benzene rings is 1. The molecule has 9 nitrogen and oxygen atoms in total. The van der Waals surface area contributed by atoms with E-state index in [2.05, 4.69) is 0 Å². The van der Waals surface area contributed by atoms with Gasteiger partial charge in [-0.3, -0.25) is 19.1 Å². The minimum atomic E-state index is -0.486. The summed E-state index contributed by atoms with van der Waals surface area (Å²) >= 11 is 0. The molecule has 4 aliphatic carbocycles. The maximum atomic E-state index is 14.0. The van der Waals surface area contributed by atoms with Crippen LogP contribution in [0.15, 0.2) is 23.0 Å². The Kier molecular flexibility index (Phi) is 5.13. The van der Waals surface area contributed by atoms with Gasteiger partial charge in [0.2, 0.25) is 18.6 Å². The Morgan fingerprint density at radius 2 is 1.82 bits per heavy atom. The van der Waals surface area contributed by atoms with Crippen LogP contribution in [0.1, 0.15) is 62.6 Å². The number of amides is 1. The molecule has 7 rings (SSSR count). The Balaban J connectivity index is 1.41. The summed E-state index contributed by atoms with van der Waals surface area (Å²) in [5, 5.41) is 20.3. The van der Waals surface area contributed by atoms with E-state index in [9.17, 15) is 14.7 Å². The van der Waals surface area contributed by atoms with Crippen LogP contribution in [-0.4, -0.2) is 32.1 Å². The highest BCUT2D eigenvalue weighted by Crippen LogP contribution is 2.59. The molecule has 4 saturated carbocycles. The summed E-state index contributed by atoms with van der Waals surface area (Å²) in [6.45, 7) is 0.393. The number of hydroxylamine groups is 1. The Hall–Kier alpha value is -2.94. The third-order valence-electron chi connectivity index (χ3n) is 8.45. The zero-order chi connectivity index (χ0) is 23.4. The predicted octanol–water partition coefficient (Wildman–Crippen LogP) is 2.89. The molecule has 3 N–H and O–H groups in total. The average molecular weight is 470 g/mol. The van der Waals surface area contributed by atoms with Crippen molar-refractivity contribution < 1.29 is 24.6 Å². The lowest BCUT2D eigenvalue weighted by atomic mass is 9.53. The molecule has 4 bridgehead atoms. The first kappa shape index (κ1) is 21.6. The van der Waals surface area contributed by atoms with Crippen LogP contribution in [0.2, 0.25) is 0 Å².